The van der Waals surface area contributed by atoms with Crippen molar-refractivity contribution in [3.05, 3.63) is 0 Å². The summed E-state index contributed by atoms with van der Waals surface area (Å²) >= 11 is 0. The first kappa shape index (κ1) is 17.7. The molecule has 6 nitrogen and oxygen atoms in total. The molecule has 1 saturated heterocycles. The Morgan fingerprint density at radius 3 is 2.87 bits per heavy atom. The molecule has 0 aromatic carbocycles. The van der Waals surface area contributed by atoms with Gasteiger partial charge in [-0.05, 0) is 31.6 Å². The van der Waals surface area contributed by atoms with Gasteiger partial charge in [0.15, 0.2) is 0 Å². The molecule has 1 aliphatic carbocycles. The summed E-state index contributed by atoms with van der Waals surface area (Å²) in [6.07, 6.45) is 6.75. The minimum Gasteiger partial charge on any atom is -0.356 e. The second-order valence-corrected chi connectivity index (χ2v) is 6.70. The number of carbonyl (C=O) groups is 2. The monoisotopic (exact) mass is 320 g/mol. The molecule has 0 unspecified atom stereocenters. The van der Waals surface area contributed by atoms with E-state index < -0.39 is 6.04 Å². The lowest BCUT2D eigenvalue weighted by atomic mass is 10.1. The molecule has 0 bridgehead atoms. The first-order valence-corrected chi connectivity index (χ1v) is 8.83. The standard InChI is InChI=1S/C17H28N4O2/c1-2-3-4-5-8-20-16(22)14-10-13(14)15(19)17(23)21-9-6-7-12(21)11-18/h12-15H,2-10,19H2,1H3,(H,20,22)/t12-,13-,14-,15-/m0/s1. The number of carbonyl (C=O) groups excluding carboxylic acids is 2. The molecule has 2 fully saturated rings. The van der Waals surface area contributed by atoms with Crippen molar-refractivity contribution >= 4 is 11.8 Å². The number of rotatable bonds is 8. The van der Waals surface area contributed by atoms with E-state index in [1.165, 1.54) is 12.8 Å². The number of nitrogens with zero attached hydrogens (tertiary/aromatic N) is 2. The van der Waals surface area contributed by atoms with Crippen LogP contribution in [0.15, 0.2) is 0 Å². The molecule has 1 saturated carbocycles. The molecule has 2 aliphatic rings. The number of hydrogen-bond donors (Lipinski definition) is 2. The highest BCUT2D eigenvalue weighted by molar-refractivity contribution is 5.87. The minimum absolute atomic E-state index is 0.0213. The zero-order valence-electron chi connectivity index (χ0n) is 14.0. The third kappa shape index (κ3) is 4.44. The minimum atomic E-state index is -0.653. The molecular formula is C17H28N4O2. The normalized spacial score (nSPS) is 27.3. The van der Waals surface area contributed by atoms with E-state index in [1.807, 2.05) is 0 Å². The fourth-order valence-corrected chi connectivity index (χ4v) is 3.35. The summed E-state index contributed by atoms with van der Waals surface area (Å²) in [7, 11) is 0. The molecule has 1 aliphatic heterocycles. The first-order valence-electron chi connectivity index (χ1n) is 8.83. The maximum Gasteiger partial charge on any atom is 0.240 e. The third-order valence-corrected chi connectivity index (χ3v) is 4.94. The number of nitrogens with one attached hydrogen (secondary N) is 1. The number of likely N-dealkylation sites (tertiary alicyclic amines) is 1. The number of nitrogens with two attached hydrogens (primary N) is 1. The van der Waals surface area contributed by atoms with Gasteiger partial charge in [0.05, 0.1) is 12.1 Å². The van der Waals surface area contributed by atoms with Gasteiger partial charge in [-0.2, -0.15) is 5.26 Å². The maximum atomic E-state index is 12.4. The van der Waals surface area contributed by atoms with Crippen molar-refractivity contribution in [3.63, 3.8) is 0 Å². The van der Waals surface area contributed by atoms with Crippen LogP contribution in [0.3, 0.4) is 0 Å². The van der Waals surface area contributed by atoms with Gasteiger partial charge in [0.1, 0.15) is 6.04 Å². The van der Waals surface area contributed by atoms with Crippen LogP contribution in [0.5, 0.6) is 0 Å². The Labute approximate surface area is 138 Å². The Bertz CT molecular complexity index is 474. The van der Waals surface area contributed by atoms with Crippen LogP contribution in [-0.2, 0) is 9.59 Å². The zero-order chi connectivity index (χ0) is 16.8. The van der Waals surface area contributed by atoms with Gasteiger partial charge in [-0.3, -0.25) is 9.59 Å². The van der Waals surface area contributed by atoms with Crippen molar-refractivity contribution < 1.29 is 9.59 Å². The highest BCUT2D eigenvalue weighted by atomic mass is 16.2. The summed E-state index contributed by atoms with van der Waals surface area (Å²) in [4.78, 5) is 26.1. The second-order valence-electron chi connectivity index (χ2n) is 6.70. The van der Waals surface area contributed by atoms with Crippen molar-refractivity contribution in [2.75, 3.05) is 13.1 Å². The van der Waals surface area contributed by atoms with Crippen molar-refractivity contribution in [2.45, 2.75) is 64.0 Å². The van der Waals surface area contributed by atoms with Crippen LogP contribution < -0.4 is 11.1 Å². The Morgan fingerprint density at radius 2 is 2.17 bits per heavy atom. The van der Waals surface area contributed by atoms with Crippen LogP contribution in [0.25, 0.3) is 0 Å². The van der Waals surface area contributed by atoms with Crippen LogP contribution in [-0.4, -0.2) is 41.9 Å². The van der Waals surface area contributed by atoms with Crippen molar-refractivity contribution in [2.24, 2.45) is 17.6 Å². The Balaban J connectivity index is 1.73. The molecule has 128 valence electrons. The lowest BCUT2D eigenvalue weighted by molar-refractivity contribution is -0.133. The highest BCUT2D eigenvalue weighted by Gasteiger charge is 2.50. The van der Waals surface area contributed by atoms with Crippen molar-refractivity contribution in [3.8, 4) is 6.07 Å². The van der Waals surface area contributed by atoms with Gasteiger partial charge in [-0.15, -0.1) is 0 Å². The van der Waals surface area contributed by atoms with Crippen LogP contribution in [0.4, 0.5) is 0 Å². The Hall–Kier alpha value is -1.61. The van der Waals surface area contributed by atoms with E-state index >= 15 is 0 Å². The van der Waals surface area contributed by atoms with E-state index in [1.54, 1.807) is 4.90 Å². The predicted octanol–water partition coefficient (Wildman–Crippen LogP) is 1.16. The van der Waals surface area contributed by atoms with Gasteiger partial charge in [-0.25, -0.2) is 0 Å². The summed E-state index contributed by atoms with van der Waals surface area (Å²) in [5.41, 5.74) is 6.06. The molecule has 3 N–H and O–H groups in total. The summed E-state index contributed by atoms with van der Waals surface area (Å²) in [5, 5.41) is 12.0. The van der Waals surface area contributed by atoms with Gasteiger partial charge >= 0.3 is 0 Å². The summed E-state index contributed by atoms with van der Waals surface area (Å²) in [6, 6.07) is 1.16. The fraction of sp³-hybridized carbons (Fsp3) is 0.824. The van der Waals surface area contributed by atoms with Gasteiger partial charge < -0.3 is 16.0 Å². The average Bonchev–Trinajstić information content (AvgIpc) is 3.22. The van der Waals surface area contributed by atoms with Gasteiger partial charge in [0, 0.05) is 19.0 Å². The molecule has 23 heavy (non-hydrogen) atoms. The summed E-state index contributed by atoms with van der Waals surface area (Å²) in [5.74, 6) is -0.355. The fourth-order valence-electron chi connectivity index (χ4n) is 3.35. The zero-order valence-corrected chi connectivity index (χ0v) is 14.0. The molecular weight excluding hydrogens is 292 g/mol. The van der Waals surface area contributed by atoms with Crippen LogP contribution in [0.2, 0.25) is 0 Å². The second kappa shape index (κ2) is 8.30. The van der Waals surface area contributed by atoms with Crippen LogP contribution in [0, 0.1) is 23.2 Å². The average molecular weight is 320 g/mol. The largest absolute Gasteiger partial charge is 0.356 e. The lowest BCUT2D eigenvalue weighted by Gasteiger charge is -2.23. The van der Waals surface area contributed by atoms with E-state index in [9.17, 15) is 9.59 Å². The van der Waals surface area contributed by atoms with Gasteiger partial charge in [-0.1, -0.05) is 26.2 Å². The van der Waals surface area contributed by atoms with E-state index in [4.69, 9.17) is 11.0 Å². The molecule has 0 aromatic rings. The van der Waals surface area contributed by atoms with Gasteiger partial charge in [0.2, 0.25) is 11.8 Å². The number of hydrogen-bond acceptors (Lipinski definition) is 4. The third-order valence-electron chi connectivity index (χ3n) is 4.94. The van der Waals surface area contributed by atoms with Gasteiger partial charge in [0.25, 0.3) is 0 Å². The molecule has 2 amide bonds. The van der Waals surface area contributed by atoms with Crippen LogP contribution >= 0.6 is 0 Å². The maximum absolute atomic E-state index is 12.4. The van der Waals surface area contributed by atoms with E-state index in [0.717, 1.165) is 25.7 Å². The van der Waals surface area contributed by atoms with E-state index in [2.05, 4.69) is 18.3 Å². The number of unbranched alkanes of at least 4 members (excludes halogenated alkanes) is 3. The summed E-state index contributed by atoms with van der Waals surface area (Å²) < 4.78 is 0. The summed E-state index contributed by atoms with van der Waals surface area (Å²) in [6.45, 7) is 3.46. The van der Waals surface area contributed by atoms with Crippen molar-refractivity contribution in [1.29, 1.82) is 5.26 Å². The molecule has 6 heteroatoms. The Kier molecular flexibility index (Phi) is 6.40. The van der Waals surface area contributed by atoms with E-state index in [0.29, 0.717) is 19.5 Å². The molecule has 0 spiro atoms. The topological polar surface area (TPSA) is 99.2 Å². The molecule has 4 atom stereocenters. The number of nitriles is 1. The lowest BCUT2D eigenvalue weighted by Crippen LogP contribution is -2.47. The van der Waals surface area contributed by atoms with Crippen LogP contribution in [0.1, 0.15) is 51.9 Å². The van der Waals surface area contributed by atoms with Crippen molar-refractivity contribution in [1.82, 2.24) is 10.2 Å². The molecule has 1 heterocycles. The SMILES string of the molecule is CCCCCCNC(=O)[C@H]1C[C@@H]1[C@H](N)C(=O)N1CCC[C@H]1C#N. The predicted molar refractivity (Wildman–Crippen MR) is 87.1 cm³/mol. The Morgan fingerprint density at radius 1 is 1.39 bits per heavy atom. The molecule has 2 rings (SSSR count). The highest BCUT2D eigenvalue weighted by Crippen LogP contribution is 2.41. The molecule has 0 aromatic heterocycles. The quantitative estimate of drug-likeness (QED) is 0.656. The first-order chi connectivity index (χ1) is 11.1. The smallest absolute Gasteiger partial charge is 0.240 e. The van der Waals surface area contributed by atoms with E-state index in [-0.39, 0.29) is 29.7 Å². The molecule has 0 radical (unpaired) electrons. The number of amides is 2.